The summed E-state index contributed by atoms with van der Waals surface area (Å²) < 4.78 is 5.29. The van der Waals surface area contributed by atoms with Gasteiger partial charge >= 0.3 is 0 Å². The molecule has 1 fully saturated rings. The Hall–Kier alpha value is -0.650. The van der Waals surface area contributed by atoms with Crippen molar-refractivity contribution in [1.29, 1.82) is 0 Å². The summed E-state index contributed by atoms with van der Waals surface area (Å²) in [5.41, 5.74) is 5.31. The van der Waals surface area contributed by atoms with Crippen molar-refractivity contribution in [3.8, 4) is 0 Å². The van der Waals surface area contributed by atoms with Crippen LogP contribution in [0.5, 0.6) is 0 Å². The van der Waals surface area contributed by atoms with Gasteiger partial charge in [0.15, 0.2) is 0 Å². The van der Waals surface area contributed by atoms with Gasteiger partial charge < -0.3 is 20.5 Å². The van der Waals surface area contributed by atoms with E-state index in [4.69, 9.17) is 15.6 Å². The Bertz CT molecular complexity index is 260. The van der Waals surface area contributed by atoms with Gasteiger partial charge in [-0.2, -0.15) is 0 Å². The second-order valence-electron chi connectivity index (χ2n) is 4.91. The van der Waals surface area contributed by atoms with E-state index in [2.05, 4.69) is 6.92 Å². The topological polar surface area (TPSA) is 75.8 Å². The molecule has 1 aliphatic rings. The summed E-state index contributed by atoms with van der Waals surface area (Å²) in [4.78, 5) is 14.1. The van der Waals surface area contributed by atoms with Crippen LogP contribution in [0.1, 0.15) is 26.7 Å². The fraction of sp³-hybridized carbons (Fsp3) is 0.917. The van der Waals surface area contributed by atoms with Crippen molar-refractivity contribution in [2.24, 2.45) is 11.1 Å². The number of unbranched alkanes of at least 4 members (excludes halogenated alkanes) is 1. The maximum atomic E-state index is 12.4. The largest absolute Gasteiger partial charge is 0.395 e. The quantitative estimate of drug-likeness (QED) is 0.688. The van der Waals surface area contributed by atoms with Crippen LogP contribution in [-0.4, -0.2) is 54.9 Å². The highest BCUT2D eigenvalue weighted by molar-refractivity contribution is 5.83. The summed E-state index contributed by atoms with van der Waals surface area (Å²) in [5, 5.41) is 9.02. The summed E-state index contributed by atoms with van der Waals surface area (Å²) in [7, 11) is 0. The van der Waals surface area contributed by atoms with Gasteiger partial charge in [0.2, 0.25) is 5.91 Å². The molecule has 5 heteroatoms. The first-order chi connectivity index (χ1) is 8.06. The number of aliphatic hydroxyl groups is 1. The van der Waals surface area contributed by atoms with E-state index in [-0.39, 0.29) is 18.6 Å². The maximum absolute atomic E-state index is 12.4. The van der Waals surface area contributed by atoms with Crippen LogP contribution in [0.3, 0.4) is 0 Å². The molecule has 2 atom stereocenters. The van der Waals surface area contributed by atoms with E-state index in [9.17, 15) is 4.79 Å². The van der Waals surface area contributed by atoms with Crippen molar-refractivity contribution in [3.05, 3.63) is 0 Å². The van der Waals surface area contributed by atoms with Crippen LogP contribution >= 0.6 is 0 Å². The first-order valence-corrected chi connectivity index (χ1v) is 6.29. The molecule has 1 rings (SSSR count). The third-order valence-electron chi connectivity index (χ3n) is 3.44. The number of rotatable bonds is 6. The smallest absolute Gasteiger partial charge is 0.232 e. The number of hydrogen-bond donors (Lipinski definition) is 2. The number of carbonyl (C=O) groups is 1. The van der Waals surface area contributed by atoms with Crippen LogP contribution in [0, 0.1) is 5.41 Å². The van der Waals surface area contributed by atoms with Gasteiger partial charge in [-0.25, -0.2) is 0 Å². The molecule has 2 unspecified atom stereocenters. The van der Waals surface area contributed by atoms with E-state index < -0.39 is 5.41 Å². The number of hydrogen-bond acceptors (Lipinski definition) is 4. The number of aliphatic hydroxyl groups excluding tert-OH is 1. The lowest BCUT2D eigenvalue weighted by atomic mass is 9.84. The average molecular weight is 244 g/mol. The first-order valence-electron chi connectivity index (χ1n) is 6.29. The first kappa shape index (κ1) is 14.4. The Kier molecular flexibility index (Phi) is 5.36. The second kappa shape index (κ2) is 6.33. The van der Waals surface area contributed by atoms with E-state index in [0.717, 1.165) is 12.8 Å². The van der Waals surface area contributed by atoms with Crippen LogP contribution < -0.4 is 5.73 Å². The lowest BCUT2D eigenvalue weighted by Gasteiger charge is -2.33. The third-order valence-corrected chi connectivity index (χ3v) is 3.44. The fourth-order valence-corrected chi connectivity index (χ4v) is 2.05. The number of amides is 1. The van der Waals surface area contributed by atoms with Crippen molar-refractivity contribution >= 4 is 5.91 Å². The second-order valence-corrected chi connectivity index (χ2v) is 4.91. The zero-order chi connectivity index (χ0) is 12.9. The molecular formula is C12H24N2O3. The Labute approximate surface area is 103 Å². The molecule has 1 saturated heterocycles. The molecule has 0 spiro atoms. The monoisotopic (exact) mass is 244 g/mol. The Morgan fingerprint density at radius 3 is 2.76 bits per heavy atom. The van der Waals surface area contributed by atoms with Crippen LogP contribution in [0.4, 0.5) is 0 Å². The van der Waals surface area contributed by atoms with E-state index in [1.54, 1.807) is 4.90 Å². The standard InChI is InChI=1S/C12H24N2O3/c1-3-4-5-14(6-7-15)11(16)12(2)9-17-8-10(12)13/h10,15H,3-9,13H2,1-2H3. The number of ether oxygens (including phenoxy) is 1. The highest BCUT2D eigenvalue weighted by Gasteiger charge is 2.46. The summed E-state index contributed by atoms with van der Waals surface area (Å²) in [5.74, 6) is 0.00463. The van der Waals surface area contributed by atoms with Crippen molar-refractivity contribution in [3.63, 3.8) is 0 Å². The van der Waals surface area contributed by atoms with Gasteiger partial charge in [-0.1, -0.05) is 13.3 Å². The lowest BCUT2D eigenvalue weighted by molar-refractivity contribution is -0.142. The normalized spacial score (nSPS) is 28.4. The van der Waals surface area contributed by atoms with Gasteiger partial charge in [0, 0.05) is 19.1 Å². The molecule has 0 aromatic heterocycles. The van der Waals surface area contributed by atoms with Gasteiger partial charge in [-0.05, 0) is 13.3 Å². The molecule has 3 N–H and O–H groups in total. The van der Waals surface area contributed by atoms with Crippen LogP contribution in [0.25, 0.3) is 0 Å². The van der Waals surface area contributed by atoms with Gasteiger partial charge in [0.1, 0.15) is 0 Å². The molecule has 0 aromatic carbocycles. The van der Waals surface area contributed by atoms with E-state index >= 15 is 0 Å². The van der Waals surface area contributed by atoms with E-state index in [0.29, 0.717) is 26.3 Å². The summed E-state index contributed by atoms with van der Waals surface area (Å²) in [6.07, 6.45) is 1.96. The Balaban J connectivity index is 2.68. The summed E-state index contributed by atoms with van der Waals surface area (Å²) >= 11 is 0. The third kappa shape index (κ3) is 3.18. The summed E-state index contributed by atoms with van der Waals surface area (Å²) in [6.45, 7) is 5.78. The number of nitrogens with two attached hydrogens (primary N) is 1. The Morgan fingerprint density at radius 1 is 1.59 bits per heavy atom. The highest BCUT2D eigenvalue weighted by atomic mass is 16.5. The van der Waals surface area contributed by atoms with Crippen molar-refractivity contribution < 1.29 is 14.6 Å². The molecule has 0 saturated carbocycles. The molecule has 1 aliphatic heterocycles. The number of nitrogens with zero attached hydrogens (tertiary/aromatic N) is 1. The predicted octanol–water partition coefficient (Wildman–Crippen LogP) is -0.0288. The molecule has 0 aromatic rings. The fourth-order valence-electron chi connectivity index (χ4n) is 2.05. The molecular weight excluding hydrogens is 220 g/mol. The zero-order valence-electron chi connectivity index (χ0n) is 10.8. The molecule has 1 amide bonds. The van der Waals surface area contributed by atoms with E-state index in [1.165, 1.54) is 0 Å². The molecule has 0 radical (unpaired) electrons. The SMILES string of the molecule is CCCCN(CCO)C(=O)C1(C)COCC1N. The highest BCUT2D eigenvalue weighted by Crippen LogP contribution is 2.29. The van der Waals surface area contributed by atoms with Crippen LogP contribution in [-0.2, 0) is 9.53 Å². The molecule has 0 bridgehead atoms. The predicted molar refractivity (Wildman–Crippen MR) is 65.5 cm³/mol. The maximum Gasteiger partial charge on any atom is 0.232 e. The minimum absolute atomic E-state index is 0.00463. The molecule has 0 aliphatic carbocycles. The molecule has 100 valence electrons. The van der Waals surface area contributed by atoms with E-state index in [1.807, 2.05) is 6.92 Å². The zero-order valence-corrected chi connectivity index (χ0v) is 10.8. The molecule has 5 nitrogen and oxygen atoms in total. The van der Waals surface area contributed by atoms with Gasteiger partial charge in [0.05, 0.1) is 25.2 Å². The summed E-state index contributed by atoms with van der Waals surface area (Å²) in [6, 6.07) is -0.252. The lowest BCUT2D eigenvalue weighted by Crippen LogP contribution is -2.52. The van der Waals surface area contributed by atoms with Gasteiger partial charge in [-0.15, -0.1) is 0 Å². The number of carbonyl (C=O) groups excluding carboxylic acids is 1. The molecule has 17 heavy (non-hydrogen) atoms. The van der Waals surface area contributed by atoms with Gasteiger partial charge in [-0.3, -0.25) is 4.79 Å². The van der Waals surface area contributed by atoms with Crippen molar-refractivity contribution in [2.45, 2.75) is 32.7 Å². The minimum atomic E-state index is -0.636. The van der Waals surface area contributed by atoms with Gasteiger partial charge in [0.25, 0.3) is 0 Å². The van der Waals surface area contributed by atoms with Crippen molar-refractivity contribution in [1.82, 2.24) is 4.90 Å². The van der Waals surface area contributed by atoms with Crippen LogP contribution in [0.15, 0.2) is 0 Å². The average Bonchev–Trinajstić information content (AvgIpc) is 2.65. The van der Waals surface area contributed by atoms with Crippen molar-refractivity contribution in [2.75, 3.05) is 32.9 Å². The Morgan fingerprint density at radius 2 is 2.29 bits per heavy atom. The minimum Gasteiger partial charge on any atom is -0.395 e. The van der Waals surface area contributed by atoms with Crippen LogP contribution in [0.2, 0.25) is 0 Å². The molecule has 1 heterocycles.